The van der Waals surface area contributed by atoms with Crippen molar-refractivity contribution in [1.29, 1.82) is 0 Å². The number of hydrogen-bond donors (Lipinski definition) is 0. The highest BCUT2D eigenvalue weighted by Crippen LogP contribution is 2.83. The van der Waals surface area contributed by atoms with Crippen molar-refractivity contribution in [3.8, 4) is 0 Å². The number of fused-ring (bicyclic) bond motifs is 8. The molecule has 3 atom stereocenters. The van der Waals surface area contributed by atoms with Crippen LogP contribution in [-0.2, 0) is 11.8 Å². The summed E-state index contributed by atoms with van der Waals surface area (Å²) in [5.74, 6) is 0.420. The van der Waals surface area contributed by atoms with Gasteiger partial charge in [0.05, 0.1) is 5.41 Å². The molecule has 3 unspecified atom stereocenters. The van der Waals surface area contributed by atoms with Gasteiger partial charge in [-0.05, 0) is 120 Å². The van der Waals surface area contributed by atoms with Gasteiger partial charge in [-0.25, -0.2) is 0 Å². The van der Waals surface area contributed by atoms with Crippen molar-refractivity contribution in [2.75, 3.05) is 0 Å². The van der Waals surface area contributed by atoms with Crippen LogP contribution in [0.4, 0.5) is 0 Å². The van der Waals surface area contributed by atoms with Crippen LogP contribution in [0.25, 0.3) is 27.1 Å². The molecule has 1 fully saturated rings. The summed E-state index contributed by atoms with van der Waals surface area (Å²) in [6.45, 7) is 21.4. The van der Waals surface area contributed by atoms with Gasteiger partial charge >= 0.3 is 0 Å². The van der Waals surface area contributed by atoms with E-state index in [2.05, 4.69) is 195 Å². The number of rotatable bonds is 4. The fourth-order valence-corrected chi connectivity index (χ4v) is 13.6. The standard InChI is InChI=1S/C55H56/c1-50(2)51(3,4)53(7)47-28-18-17-27-45(47)48-44-26-16-13-23-40(44)35-46(48)49(53)54(8,52(50,5)6)55(41-24-14-15-25-41,42-31-29-36-19-9-11-21-38(36)33-42)43-32-30-37-20-10-12-22-39(37)34-43/h9-17,19-24,26-27,29-34,47H,18,25,28,35H2,1-8H3. The zero-order valence-corrected chi connectivity index (χ0v) is 34.2. The molecule has 0 nitrogen and oxygen atoms in total. The molecule has 55 heavy (non-hydrogen) atoms. The van der Waals surface area contributed by atoms with E-state index in [-0.39, 0.29) is 27.1 Å². The van der Waals surface area contributed by atoms with Gasteiger partial charge in [0, 0.05) is 10.8 Å². The Morgan fingerprint density at radius 2 is 1.20 bits per heavy atom. The number of benzene rings is 5. The zero-order valence-electron chi connectivity index (χ0n) is 34.2. The van der Waals surface area contributed by atoms with Crippen molar-refractivity contribution in [3.05, 3.63) is 184 Å². The highest BCUT2D eigenvalue weighted by Gasteiger charge is 2.77. The first-order chi connectivity index (χ1) is 26.3. The first-order valence-electron chi connectivity index (χ1n) is 20.9. The van der Waals surface area contributed by atoms with Gasteiger partial charge in [0.15, 0.2) is 0 Å². The Bertz CT molecular complexity index is 2530. The monoisotopic (exact) mass is 716 g/mol. The fourth-order valence-electron chi connectivity index (χ4n) is 13.6. The van der Waals surface area contributed by atoms with Crippen molar-refractivity contribution in [2.24, 2.45) is 33.0 Å². The lowest BCUT2D eigenvalue weighted by Gasteiger charge is -2.78. The van der Waals surface area contributed by atoms with E-state index >= 15 is 0 Å². The molecule has 5 aromatic carbocycles. The Hall–Kier alpha value is -4.68. The highest BCUT2D eigenvalue weighted by atomic mass is 14.8. The molecule has 0 bridgehead atoms. The smallest absolute Gasteiger partial charge is 0.0514 e. The molecule has 0 saturated heterocycles. The predicted molar refractivity (Wildman–Crippen MR) is 234 cm³/mol. The van der Waals surface area contributed by atoms with E-state index in [9.17, 15) is 0 Å². The maximum absolute atomic E-state index is 2.76. The maximum atomic E-state index is 2.76. The molecule has 0 radical (unpaired) electrons. The van der Waals surface area contributed by atoms with E-state index in [0.29, 0.717) is 5.92 Å². The Morgan fingerprint density at radius 3 is 1.82 bits per heavy atom. The molecule has 5 aromatic rings. The predicted octanol–water partition coefficient (Wildman–Crippen LogP) is 14.6. The Morgan fingerprint density at radius 1 is 0.600 bits per heavy atom. The van der Waals surface area contributed by atoms with Crippen molar-refractivity contribution in [2.45, 2.75) is 86.5 Å². The lowest BCUT2D eigenvalue weighted by Crippen LogP contribution is -2.72. The molecular weight excluding hydrogens is 661 g/mol. The van der Waals surface area contributed by atoms with Gasteiger partial charge in [-0.1, -0.05) is 194 Å². The molecular formula is C55H56. The van der Waals surface area contributed by atoms with E-state index in [0.717, 1.165) is 19.3 Å². The van der Waals surface area contributed by atoms with Crippen LogP contribution in [-0.4, -0.2) is 0 Å². The summed E-state index contributed by atoms with van der Waals surface area (Å²) < 4.78 is 0. The van der Waals surface area contributed by atoms with E-state index in [4.69, 9.17) is 0 Å². The van der Waals surface area contributed by atoms with Crippen LogP contribution < -0.4 is 0 Å². The van der Waals surface area contributed by atoms with Gasteiger partial charge in [0.25, 0.3) is 0 Å². The lowest BCUT2D eigenvalue weighted by atomic mass is 9.25. The Labute approximate surface area is 329 Å². The number of hydrogen-bond acceptors (Lipinski definition) is 0. The van der Waals surface area contributed by atoms with Crippen LogP contribution in [0.5, 0.6) is 0 Å². The van der Waals surface area contributed by atoms with Gasteiger partial charge in [-0.2, -0.15) is 0 Å². The van der Waals surface area contributed by atoms with Gasteiger partial charge in [0.2, 0.25) is 0 Å². The molecule has 10 rings (SSSR count). The molecule has 1 saturated carbocycles. The van der Waals surface area contributed by atoms with Gasteiger partial charge in [0.1, 0.15) is 0 Å². The topological polar surface area (TPSA) is 0 Å². The van der Waals surface area contributed by atoms with Gasteiger partial charge in [-0.15, -0.1) is 0 Å². The first kappa shape index (κ1) is 34.8. The molecule has 0 spiro atoms. The molecule has 5 aliphatic rings. The van der Waals surface area contributed by atoms with E-state index in [1.54, 1.807) is 22.3 Å². The molecule has 0 aliphatic heterocycles. The zero-order chi connectivity index (χ0) is 38.2. The van der Waals surface area contributed by atoms with E-state index < -0.39 is 5.41 Å². The Kier molecular flexibility index (Phi) is 7.24. The molecule has 0 amide bonds. The van der Waals surface area contributed by atoms with Crippen LogP contribution in [0, 0.1) is 33.0 Å². The second kappa shape index (κ2) is 11.4. The summed E-state index contributed by atoms with van der Waals surface area (Å²) in [4.78, 5) is 0. The second-order valence-corrected chi connectivity index (χ2v) is 19.5. The van der Waals surface area contributed by atoms with Crippen molar-refractivity contribution in [3.63, 3.8) is 0 Å². The van der Waals surface area contributed by atoms with Crippen LogP contribution in [0.1, 0.15) is 96.9 Å². The molecule has 276 valence electrons. The first-order valence-corrected chi connectivity index (χ1v) is 20.9. The van der Waals surface area contributed by atoms with Crippen molar-refractivity contribution in [1.82, 2.24) is 0 Å². The third kappa shape index (κ3) is 4.04. The minimum absolute atomic E-state index is 0.0342. The summed E-state index contributed by atoms with van der Waals surface area (Å²) in [5.41, 5.74) is 12.5. The normalized spacial score (nSPS) is 27.2. The van der Waals surface area contributed by atoms with Crippen LogP contribution in [0.15, 0.2) is 162 Å². The third-order valence-corrected chi connectivity index (χ3v) is 17.6. The molecule has 0 heteroatoms. The summed E-state index contributed by atoms with van der Waals surface area (Å²) in [6.07, 6.45) is 16.5. The maximum Gasteiger partial charge on any atom is 0.0514 e. The average molecular weight is 717 g/mol. The van der Waals surface area contributed by atoms with Gasteiger partial charge < -0.3 is 0 Å². The summed E-state index contributed by atoms with van der Waals surface area (Å²) in [7, 11) is 0. The van der Waals surface area contributed by atoms with E-state index in [1.165, 1.54) is 55.8 Å². The van der Waals surface area contributed by atoms with Crippen LogP contribution in [0.2, 0.25) is 0 Å². The average Bonchev–Trinajstić information content (AvgIpc) is 3.87. The van der Waals surface area contributed by atoms with E-state index in [1.807, 2.05) is 0 Å². The molecule has 5 aliphatic carbocycles. The number of allylic oxidation sites excluding steroid dienone is 10. The quantitative estimate of drug-likeness (QED) is 0.174. The van der Waals surface area contributed by atoms with Crippen molar-refractivity contribution < 1.29 is 0 Å². The molecule has 0 N–H and O–H groups in total. The minimum Gasteiger partial charge on any atom is -0.0842 e. The second-order valence-electron chi connectivity index (χ2n) is 19.5. The SMILES string of the molecule is CC12C(=C3Cc4ccccc4C3=C3C=CCCC31)C(C)(C(C1=CC=CC1)(c1ccc3ccccc3c1)c1ccc3ccccc3c1)C(C)(C)C(C)(C)C2(C)C. The third-order valence-electron chi connectivity index (χ3n) is 17.6. The Balaban J connectivity index is 1.45. The van der Waals surface area contributed by atoms with Gasteiger partial charge in [-0.3, -0.25) is 0 Å². The largest absolute Gasteiger partial charge is 0.0842 e. The summed E-state index contributed by atoms with van der Waals surface area (Å²) in [6, 6.07) is 42.4. The lowest BCUT2D eigenvalue weighted by molar-refractivity contribution is -0.206. The summed E-state index contributed by atoms with van der Waals surface area (Å²) in [5, 5.41) is 5.22. The fraction of sp³-hybridized carbons (Fsp3) is 0.345. The van der Waals surface area contributed by atoms with Crippen molar-refractivity contribution >= 4 is 27.1 Å². The van der Waals surface area contributed by atoms with Crippen LogP contribution in [0.3, 0.4) is 0 Å². The minimum atomic E-state index is -0.493. The summed E-state index contributed by atoms with van der Waals surface area (Å²) >= 11 is 0. The van der Waals surface area contributed by atoms with Crippen LogP contribution >= 0.6 is 0 Å². The highest BCUT2D eigenvalue weighted by molar-refractivity contribution is 5.93. The molecule has 0 aromatic heterocycles. The molecule has 0 heterocycles.